The highest BCUT2D eigenvalue weighted by molar-refractivity contribution is 5.56. The van der Waals surface area contributed by atoms with E-state index in [-0.39, 0.29) is 0 Å². The Labute approximate surface area is 85.0 Å². The first-order valence-corrected chi connectivity index (χ1v) is 5.42. The van der Waals surface area contributed by atoms with Crippen LogP contribution in [0.25, 0.3) is 0 Å². The highest BCUT2D eigenvalue weighted by Gasteiger charge is 2.21. The van der Waals surface area contributed by atoms with Crippen LogP contribution < -0.4 is 0 Å². The average molecular weight is 182 g/mol. The molecule has 70 valence electrons. The second-order valence-corrected chi connectivity index (χ2v) is 4.16. The molecule has 0 spiro atoms. The summed E-state index contributed by atoms with van der Waals surface area (Å²) in [5.74, 6) is 0.670. The molecule has 0 radical (unpaired) electrons. The van der Waals surface area contributed by atoms with E-state index >= 15 is 0 Å². The molecule has 3 aliphatic rings. The molecule has 0 heteroatoms. The van der Waals surface area contributed by atoms with Crippen molar-refractivity contribution in [1.82, 2.24) is 0 Å². The monoisotopic (exact) mass is 182 g/mol. The molecule has 3 aliphatic carbocycles. The number of fused-ring (bicyclic) bond motifs is 2. The van der Waals surface area contributed by atoms with E-state index in [9.17, 15) is 0 Å². The Morgan fingerprint density at radius 2 is 2.07 bits per heavy atom. The number of rotatable bonds is 0. The average Bonchev–Trinajstić information content (AvgIpc) is 2.61. The Kier molecular flexibility index (Phi) is 1.80. The first kappa shape index (κ1) is 8.05. The number of hydrogen-bond acceptors (Lipinski definition) is 0. The summed E-state index contributed by atoms with van der Waals surface area (Å²) < 4.78 is 0. The van der Waals surface area contributed by atoms with Gasteiger partial charge in [-0.1, -0.05) is 42.5 Å². The van der Waals surface area contributed by atoms with E-state index in [1.54, 1.807) is 5.57 Å². The maximum absolute atomic E-state index is 2.34. The molecule has 0 saturated carbocycles. The fourth-order valence-electron chi connectivity index (χ4n) is 2.60. The van der Waals surface area contributed by atoms with Crippen LogP contribution in [0.15, 0.2) is 59.3 Å². The Morgan fingerprint density at radius 1 is 1.07 bits per heavy atom. The fraction of sp³-hybridized carbons (Fsp3) is 0.286. The molecular formula is C14H14. The van der Waals surface area contributed by atoms with Crippen LogP contribution in [0.2, 0.25) is 0 Å². The van der Waals surface area contributed by atoms with Crippen LogP contribution in [0.4, 0.5) is 0 Å². The van der Waals surface area contributed by atoms with E-state index in [1.165, 1.54) is 30.4 Å². The van der Waals surface area contributed by atoms with Gasteiger partial charge in [0.25, 0.3) is 0 Å². The topological polar surface area (TPSA) is 0 Å². The van der Waals surface area contributed by atoms with Gasteiger partial charge in [0.05, 0.1) is 0 Å². The smallest absolute Gasteiger partial charge is 0.00272 e. The molecule has 0 amide bonds. The normalized spacial score (nSPS) is 28.6. The summed E-state index contributed by atoms with van der Waals surface area (Å²) in [5.41, 5.74) is 4.57. The Hall–Kier alpha value is -1.30. The molecule has 0 nitrogen and oxygen atoms in total. The van der Waals surface area contributed by atoms with E-state index in [1.807, 2.05) is 0 Å². The van der Waals surface area contributed by atoms with Crippen LogP contribution in [0.5, 0.6) is 0 Å². The first-order valence-electron chi connectivity index (χ1n) is 5.42. The first-order chi connectivity index (χ1) is 6.95. The highest BCUT2D eigenvalue weighted by Crippen LogP contribution is 2.37. The van der Waals surface area contributed by atoms with Gasteiger partial charge in [-0.05, 0) is 36.0 Å². The third-order valence-electron chi connectivity index (χ3n) is 3.31. The second kappa shape index (κ2) is 3.13. The van der Waals surface area contributed by atoms with Crippen LogP contribution in [-0.2, 0) is 0 Å². The molecule has 0 aromatic rings. The minimum absolute atomic E-state index is 0.670. The molecule has 0 aromatic carbocycles. The third-order valence-corrected chi connectivity index (χ3v) is 3.31. The van der Waals surface area contributed by atoms with Gasteiger partial charge in [0, 0.05) is 5.92 Å². The van der Waals surface area contributed by atoms with Gasteiger partial charge in [0.1, 0.15) is 0 Å². The summed E-state index contributed by atoms with van der Waals surface area (Å²) in [4.78, 5) is 0. The van der Waals surface area contributed by atoms with Crippen molar-refractivity contribution in [2.24, 2.45) is 5.92 Å². The minimum atomic E-state index is 0.670. The molecule has 0 aromatic heterocycles. The molecule has 1 atom stereocenters. The van der Waals surface area contributed by atoms with E-state index < -0.39 is 0 Å². The molecule has 0 heterocycles. The molecule has 0 saturated heterocycles. The van der Waals surface area contributed by atoms with Crippen molar-refractivity contribution in [3.8, 4) is 0 Å². The van der Waals surface area contributed by atoms with E-state index in [2.05, 4.69) is 42.5 Å². The summed E-state index contributed by atoms with van der Waals surface area (Å²) in [6.07, 6.45) is 19.6. The third kappa shape index (κ3) is 1.14. The molecule has 14 heavy (non-hydrogen) atoms. The lowest BCUT2D eigenvalue weighted by atomic mass is 9.89. The van der Waals surface area contributed by atoms with Crippen molar-refractivity contribution in [1.29, 1.82) is 0 Å². The Balaban J connectivity index is 2.13. The Bertz CT molecular complexity index is 400. The zero-order valence-corrected chi connectivity index (χ0v) is 8.24. The maximum Gasteiger partial charge on any atom is 0.00272 e. The summed E-state index contributed by atoms with van der Waals surface area (Å²) in [5, 5.41) is 0. The lowest BCUT2D eigenvalue weighted by Crippen LogP contribution is -2.01. The summed E-state index contributed by atoms with van der Waals surface area (Å²) in [6, 6.07) is 0. The van der Waals surface area contributed by atoms with Crippen LogP contribution in [0.1, 0.15) is 19.3 Å². The highest BCUT2D eigenvalue weighted by atomic mass is 14.3. The lowest BCUT2D eigenvalue weighted by Gasteiger charge is -2.16. The van der Waals surface area contributed by atoms with Crippen molar-refractivity contribution in [2.75, 3.05) is 0 Å². The van der Waals surface area contributed by atoms with Crippen molar-refractivity contribution < 1.29 is 0 Å². The van der Waals surface area contributed by atoms with Crippen LogP contribution >= 0.6 is 0 Å². The van der Waals surface area contributed by atoms with Crippen molar-refractivity contribution >= 4 is 0 Å². The van der Waals surface area contributed by atoms with E-state index in [0.717, 1.165) is 0 Å². The number of hydrogen-bond donors (Lipinski definition) is 0. The molecule has 0 bridgehead atoms. The molecule has 3 rings (SSSR count). The number of allylic oxidation sites excluding steroid dienone is 10. The SMILES string of the molecule is C1=CC2=C3C=CC=CC3CCCC2=C1. The summed E-state index contributed by atoms with van der Waals surface area (Å²) in [7, 11) is 0. The van der Waals surface area contributed by atoms with Crippen LogP contribution in [0, 0.1) is 5.92 Å². The maximum atomic E-state index is 2.34. The Morgan fingerprint density at radius 3 is 3.07 bits per heavy atom. The molecular weight excluding hydrogens is 168 g/mol. The molecule has 1 unspecified atom stereocenters. The van der Waals surface area contributed by atoms with E-state index in [4.69, 9.17) is 0 Å². The summed E-state index contributed by atoms with van der Waals surface area (Å²) in [6.45, 7) is 0. The quantitative estimate of drug-likeness (QED) is 0.535. The van der Waals surface area contributed by atoms with Gasteiger partial charge in [0.15, 0.2) is 0 Å². The minimum Gasteiger partial charge on any atom is -0.0770 e. The largest absolute Gasteiger partial charge is 0.0770 e. The predicted molar refractivity (Wildman–Crippen MR) is 59.9 cm³/mol. The van der Waals surface area contributed by atoms with Gasteiger partial charge in [-0.25, -0.2) is 0 Å². The van der Waals surface area contributed by atoms with Crippen molar-refractivity contribution in [3.05, 3.63) is 59.3 Å². The van der Waals surface area contributed by atoms with Crippen LogP contribution in [0.3, 0.4) is 0 Å². The predicted octanol–water partition coefficient (Wildman–Crippen LogP) is 3.71. The summed E-state index contributed by atoms with van der Waals surface area (Å²) >= 11 is 0. The zero-order valence-electron chi connectivity index (χ0n) is 8.24. The van der Waals surface area contributed by atoms with E-state index in [0.29, 0.717) is 5.92 Å². The van der Waals surface area contributed by atoms with Gasteiger partial charge in [-0.2, -0.15) is 0 Å². The second-order valence-electron chi connectivity index (χ2n) is 4.16. The van der Waals surface area contributed by atoms with Gasteiger partial charge in [-0.15, -0.1) is 0 Å². The molecule has 0 fully saturated rings. The van der Waals surface area contributed by atoms with Crippen molar-refractivity contribution in [2.45, 2.75) is 19.3 Å². The van der Waals surface area contributed by atoms with Crippen LogP contribution in [-0.4, -0.2) is 0 Å². The van der Waals surface area contributed by atoms with Gasteiger partial charge < -0.3 is 0 Å². The van der Waals surface area contributed by atoms with Gasteiger partial charge in [-0.3, -0.25) is 0 Å². The molecule has 0 aliphatic heterocycles. The molecule has 0 N–H and O–H groups in total. The standard InChI is InChI=1S/C14H14/c1-2-9-13-11(5-1)6-3-7-12-8-4-10-14(12)13/h1-2,4-5,8-11H,3,6-7H2. The zero-order chi connectivity index (χ0) is 9.38. The van der Waals surface area contributed by atoms with Gasteiger partial charge >= 0.3 is 0 Å². The fourth-order valence-corrected chi connectivity index (χ4v) is 2.60. The van der Waals surface area contributed by atoms with Crippen molar-refractivity contribution in [3.63, 3.8) is 0 Å². The van der Waals surface area contributed by atoms with Gasteiger partial charge in [0.2, 0.25) is 0 Å². The lowest BCUT2D eigenvalue weighted by molar-refractivity contribution is 0.650.